The van der Waals surface area contributed by atoms with Gasteiger partial charge in [0.15, 0.2) is 5.56 Å². The Bertz CT molecular complexity index is 438. The first-order valence-electron chi connectivity index (χ1n) is 6.10. The predicted octanol–water partition coefficient (Wildman–Crippen LogP) is -0.0723. The van der Waals surface area contributed by atoms with Crippen molar-refractivity contribution in [1.29, 1.82) is 0 Å². The number of amides is 1. The van der Waals surface area contributed by atoms with Gasteiger partial charge in [-0.25, -0.2) is 9.97 Å². The molecule has 7 heteroatoms. The molecule has 1 amide bonds. The summed E-state index contributed by atoms with van der Waals surface area (Å²) in [6, 6.07) is 0.169. The zero-order valence-corrected chi connectivity index (χ0v) is 11.3. The smallest absolute Gasteiger partial charge is 0.264 e. The third-order valence-corrected chi connectivity index (χ3v) is 3.28. The van der Waals surface area contributed by atoms with Gasteiger partial charge in [0.2, 0.25) is 11.8 Å². The summed E-state index contributed by atoms with van der Waals surface area (Å²) in [5.74, 6) is 0.271. The van der Waals surface area contributed by atoms with Crippen LogP contribution in [0.5, 0.6) is 11.8 Å². The van der Waals surface area contributed by atoms with Gasteiger partial charge in [-0.15, -0.1) is 0 Å². The van der Waals surface area contributed by atoms with E-state index in [0.717, 1.165) is 19.5 Å². The maximum atomic E-state index is 12.5. The largest absolute Gasteiger partial charge is 0.480 e. The molecule has 1 aliphatic rings. The van der Waals surface area contributed by atoms with Gasteiger partial charge in [-0.2, -0.15) is 0 Å². The summed E-state index contributed by atoms with van der Waals surface area (Å²) in [6.07, 6.45) is 2.24. The van der Waals surface area contributed by atoms with Crippen LogP contribution in [0.15, 0.2) is 6.33 Å². The van der Waals surface area contributed by atoms with E-state index in [9.17, 15) is 4.79 Å². The third-order valence-electron chi connectivity index (χ3n) is 3.28. The van der Waals surface area contributed by atoms with E-state index < -0.39 is 0 Å². The monoisotopic (exact) mass is 266 g/mol. The van der Waals surface area contributed by atoms with Crippen molar-refractivity contribution < 1.29 is 14.3 Å². The number of likely N-dealkylation sites (N-methyl/N-ethyl adjacent to an activating group) is 1. The quantitative estimate of drug-likeness (QED) is 0.822. The van der Waals surface area contributed by atoms with Gasteiger partial charge in [0.1, 0.15) is 6.33 Å². The fraction of sp³-hybridized carbons (Fsp3) is 0.583. The molecule has 0 bridgehead atoms. The molecule has 1 aromatic rings. The lowest BCUT2D eigenvalue weighted by molar-refractivity contribution is 0.0734. The predicted molar refractivity (Wildman–Crippen MR) is 68.5 cm³/mol. The van der Waals surface area contributed by atoms with Gasteiger partial charge in [0.25, 0.3) is 5.91 Å². The zero-order chi connectivity index (χ0) is 13.8. The first-order chi connectivity index (χ1) is 9.19. The van der Waals surface area contributed by atoms with Crippen molar-refractivity contribution in [2.75, 3.05) is 34.4 Å². The van der Waals surface area contributed by atoms with Gasteiger partial charge in [-0.1, -0.05) is 0 Å². The topological polar surface area (TPSA) is 76.6 Å². The van der Waals surface area contributed by atoms with Crippen molar-refractivity contribution in [3.63, 3.8) is 0 Å². The Balaban J connectivity index is 2.31. The lowest BCUT2D eigenvalue weighted by Gasteiger charge is -2.24. The number of carbonyl (C=O) groups excluding carboxylic acids is 1. The number of nitrogens with zero attached hydrogens (tertiary/aromatic N) is 3. The van der Waals surface area contributed by atoms with Crippen LogP contribution in [0.1, 0.15) is 16.8 Å². The molecular formula is C12H18N4O3. The maximum absolute atomic E-state index is 12.5. The van der Waals surface area contributed by atoms with E-state index in [4.69, 9.17) is 9.47 Å². The number of hydrogen-bond acceptors (Lipinski definition) is 6. The summed E-state index contributed by atoms with van der Waals surface area (Å²) < 4.78 is 10.3. The molecule has 19 heavy (non-hydrogen) atoms. The van der Waals surface area contributed by atoms with Crippen LogP contribution in [0.3, 0.4) is 0 Å². The van der Waals surface area contributed by atoms with Crippen LogP contribution >= 0.6 is 0 Å². The third kappa shape index (κ3) is 2.60. The standard InChI is InChI=1S/C12H18N4O3/c1-16(8-4-5-13-6-8)12(17)9-10(18-2)14-7-15-11(9)19-3/h7-8,13H,4-6H2,1-3H3/t8-/m1/s1. The highest BCUT2D eigenvalue weighted by molar-refractivity contribution is 5.98. The highest BCUT2D eigenvalue weighted by Gasteiger charge is 2.29. The van der Waals surface area contributed by atoms with E-state index in [1.54, 1.807) is 11.9 Å². The number of hydrogen-bond donors (Lipinski definition) is 1. The summed E-state index contributed by atoms with van der Waals surface area (Å²) >= 11 is 0. The SMILES string of the molecule is COc1ncnc(OC)c1C(=O)N(C)[C@@H]1CCNC1. The molecule has 0 spiro atoms. The van der Waals surface area contributed by atoms with Crippen LogP contribution in [0.25, 0.3) is 0 Å². The molecule has 0 aliphatic carbocycles. The lowest BCUT2D eigenvalue weighted by Crippen LogP contribution is -2.38. The van der Waals surface area contributed by atoms with Crippen LogP contribution in [-0.4, -0.2) is 61.2 Å². The summed E-state index contributed by atoms with van der Waals surface area (Å²) in [5.41, 5.74) is 0.266. The van der Waals surface area contributed by atoms with Gasteiger partial charge >= 0.3 is 0 Å². The second kappa shape index (κ2) is 5.83. The Morgan fingerprint density at radius 3 is 2.47 bits per heavy atom. The van der Waals surface area contributed by atoms with Crippen molar-refractivity contribution in [2.24, 2.45) is 0 Å². The Morgan fingerprint density at radius 1 is 1.37 bits per heavy atom. The number of methoxy groups -OCH3 is 2. The molecule has 0 aromatic carbocycles. The van der Waals surface area contributed by atoms with E-state index >= 15 is 0 Å². The van der Waals surface area contributed by atoms with Gasteiger partial charge in [-0.05, 0) is 13.0 Å². The fourth-order valence-electron chi connectivity index (χ4n) is 2.16. The van der Waals surface area contributed by atoms with Crippen LogP contribution in [0.2, 0.25) is 0 Å². The molecule has 2 heterocycles. The normalized spacial score (nSPS) is 18.2. The molecule has 0 unspecified atom stereocenters. The van der Waals surface area contributed by atoms with E-state index in [0.29, 0.717) is 0 Å². The molecule has 1 saturated heterocycles. The Kier molecular flexibility index (Phi) is 4.16. The van der Waals surface area contributed by atoms with Crippen molar-refractivity contribution in [3.05, 3.63) is 11.9 Å². The minimum atomic E-state index is -0.192. The fourth-order valence-corrected chi connectivity index (χ4v) is 2.16. The molecule has 1 atom stereocenters. The van der Waals surface area contributed by atoms with Crippen LogP contribution in [0, 0.1) is 0 Å². The van der Waals surface area contributed by atoms with Crippen molar-refractivity contribution in [2.45, 2.75) is 12.5 Å². The molecule has 104 valence electrons. The average Bonchev–Trinajstić information content (AvgIpc) is 2.98. The highest BCUT2D eigenvalue weighted by atomic mass is 16.5. The molecular weight excluding hydrogens is 248 g/mol. The van der Waals surface area contributed by atoms with E-state index in [-0.39, 0.29) is 29.3 Å². The van der Waals surface area contributed by atoms with Gasteiger partial charge in [-0.3, -0.25) is 4.79 Å². The number of aromatic nitrogens is 2. The minimum absolute atomic E-state index is 0.169. The number of ether oxygens (including phenoxy) is 2. The summed E-state index contributed by atoms with van der Waals surface area (Å²) in [6.45, 7) is 1.71. The first kappa shape index (κ1) is 13.5. The second-order valence-electron chi connectivity index (χ2n) is 4.33. The van der Waals surface area contributed by atoms with Crippen molar-refractivity contribution in [1.82, 2.24) is 20.2 Å². The summed E-state index contributed by atoms with van der Waals surface area (Å²) in [5, 5.41) is 3.23. The maximum Gasteiger partial charge on any atom is 0.264 e. The Labute approximate surface area is 111 Å². The highest BCUT2D eigenvalue weighted by Crippen LogP contribution is 2.25. The summed E-state index contributed by atoms with van der Waals surface area (Å²) in [7, 11) is 4.71. The Hall–Kier alpha value is -1.89. The second-order valence-corrected chi connectivity index (χ2v) is 4.33. The molecule has 1 N–H and O–H groups in total. The zero-order valence-electron chi connectivity index (χ0n) is 11.3. The Morgan fingerprint density at radius 2 is 2.00 bits per heavy atom. The van der Waals surface area contributed by atoms with Gasteiger partial charge in [0.05, 0.1) is 14.2 Å². The van der Waals surface area contributed by atoms with Crippen molar-refractivity contribution in [3.8, 4) is 11.8 Å². The molecule has 2 rings (SSSR count). The van der Waals surface area contributed by atoms with Crippen LogP contribution < -0.4 is 14.8 Å². The van der Waals surface area contributed by atoms with Crippen molar-refractivity contribution >= 4 is 5.91 Å². The van der Waals surface area contributed by atoms with E-state index in [1.165, 1.54) is 20.5 Å². The molecule has 1 aliphatic heterocycles. The summed E-state index contributed by atoms with van der Waals surface area (Å²) in [4.78, 5) is 22.2. The average molecular weight is 266 g/mol. The number of nitrogens with one attached hydrogen (secondary N) is 1. The molecule has 0 radical (unpaired) electrons. The van der Waals surface area contributed by atoms with Gasteiger partial charge < -0.3 is 19.7 Å². The van der Waals surface area contributed by atoms with Crippen LogP contribution in [-0.2, 0) is 0 Å². The molecule has 1 fully saturated rings. The van der Waals surface area contributed by atoms with Crippen LogP contribution in [0.4, 0.5) is 0 Å². The van der Waals surface area contributed by atoms with E-state index in [1.807, 2.05) is 0 Å². The molecule has 1 aromatic heterocycles. The van der Waals surface area contributed by atoms with E-state index in [2.05, 4.69) is 15.3 Å². The first-order valence-corrected chi connectivity index (χ1v) is 6.10. The minimum Gasteiger partial charge on any atom is -0.480 e. The van der Waals surface area contributed by atoms with Gasteiger partial charge in [0, 0.05) is 19.6 Å². The molecule has 0 saturated carbocycles. The number of rotatable bonds is 4. The lowest BCUT2D eigenvalue weighted by atomic mass is 10.2. The number of carbonyl (C=O) groups is 1. The molecule has 7 nitrogen and oxygen atoms in total.